The zero-order chi connectivity index (χ0) is 17.1. The van der Waals surface area contributed by atoms with Crippen molar-refractivity contribution in [3.8, 4) is 0 Å². The fourth-order valence-electron chi connectivity index (χ4n) is 3.41. The predicted octanol–water partition coefficient (Wildman–Crippen LogP) is 1.46. The number of carbonyl (C=O) groups excluding carboxylic acids is 1. The molecule has 4 rings (SSSR count). The summed E-state index contributed by atoms with van der Waals surface area (Å²) in [5.41, 5.74) is 1.16. The van der Waals surface area contributed by atoms with Crippen molar-refractivity contribution in [2.24, 2.45) is 0 Å². The molecule has 0 saturated carbocycles. The first-order valence-corrected chi connectivity index (χ1v) is 8.44. The Balaban J connectivity index is 1.31. The van der Waals surface area contributed by atoms with E-state index in [0.29, 0.717) is 32.0 Å². The molecule has 0 unspecified atom stereocenters. The van der Waals surface area contributed by atoms with Gasteiger partial charge < -0.3 is 14.4 Å². The van der Waals surface area contributed by atoms with E-state index in [1.807, 2.05) is 18.3 Å². The van der Waals surface area contributed by atoms with Crippen LogP contribution in [0, 0.1) is 0 Å². The van der Waals surface area contributed by atoms with Crippen molar-refractivity contribution in [1.29, 1.82) is 0 Å². The van der Waals surface area contributed by atoms with Crippen LogP contribution in [0.25, 0.3) is 0 Å². The molecule has 0 aliphatic carbocycles. The van der Waals surface area contributed by atoms with Crippen LogP contribution in [0.3, 0.4) is 0 Å². The number of aromatic nitrogens is 3. The molecular weight excluding hydrogens is 320 g/mol. The van der Waals surface area contributed by atoms with Crippen LogP contribution in [0.2, 0.25) is 0 Å². The molecule has 2 saturated heterocycles. The number of hydrogen-bond acceptors (Lipinski definition) is 6. The van der Waals surface area contributed by atoms with Gasteiger partial charge in [-0.25, -0.2) is 4.98 Å². The van der Waals surface area contributed by atoms with E-state index in [0.717, 1.165) is 18.4 Å². The molecular formula is C18H20N4O3. The van der Waals surface area contributed by atoms with Crippen molar-refractivity contribution in [1.82, 2.24) is 19.9 Å². The molecule has 2 fully saturated rings. The van der Waals surface area contributed by atoms with E-state index in [9.17, 15) is 4.79 Å². The third-order valence-corrected chi connectivity index (χ3v) is 4.68. The number of hydrogen-bond donors (Lipinski definition) is 0. The first kappa shape index (κ1) is 16.1. The normalized spacial score (nSPS) is 21.8. The molecule has 25 heavy (non-hydrogen) atoms. The molecule has 2 aliphatic rings. The minimum atomic E-state index is -0.282. The van der Waals surface area contributed by atoms with Gasteiger partial charge in [-0.3, -0.25) is 14.8 Å². The highest BCUT2D eigenvalue weighted by atomic mass is 16.5. The van der Waals surface area contributed by atoms with Gasteiger partial charge in [-0.2, -0.15) is 0 Å². The number of nitrogens with zero attached hydrogens (tertiary/aromatic N) is 4. The van der Waals surface area contributed by atoms with E-state index in [1.165, 1.54) is 12.4 Å². The summed E-state index contributed by atoms with van der Waals surface area (Å²) >= 11 is 0. The molecule has 4 heterocycles. The van der Waals surface area contributed by atoms with Crippen LogP contribution in [0.15, 0.2) is 43.1 Å². The summed E-state index contributed by atoms with van der Waals surface area (Å²) in [6.45, 7) is 2.37. The Morgan fingerprint density at radius 3 is 2.92 bits per heavy atom. The summed E-state index contributed by atoms with van der Waals surface area (Å²) in [6, 6.07) is 3.92. The van der Waals surface area contributed by atoms with Crippen LogP contribution in [-0.4, -0.2) is 57.2 Å². The molecule has 7 heteroatoms. The van der Waals surface area contributed by atoms with Crippen molar-refractivity contribution in [3.63, 3.8) is 0 Å². The van der Waals surface area contributed by atoms with Gasteiger partial charge in [0.15, 0.2) is 0 Å². The lowest BCUT2D eigenvalue weighted by molar-refractivity contribution is -0.188. The van der Waals surface area contributed by atoms with Crippen LogP contribution in [-0.2, 0) is 16.1 Å². The Bertz CT molecular complexity index is 720. The van der Waals surface area contributed by atoms with Crippen molar-refractivity contribution in [2.75, 3.05) is 19.7 Å². The molecule has 0 bridgehead atoms. The smallest absolute Gasteiger partial charge is 0.274 e. The average molecular weight is 340 g/mol. The van der Waals surface area contributed by atoms with E-state index in [1.54, 1.807) is 17.3 Å². The third kappa shape index (κ3) is 3.52. The SMILES string of the molecule is O=C(c1cnccn1)N1CC2(C[C@H](OCc3cccnc3)CCO2)C1. The fourth-order valence-corrected chi connectivity index (χ4v) is 3.41. The van der Waals surface area contributed by atoms with E-state index in [4.69, 9.17) is 9.47 Å². The van der Waals surface area contributed by atoms with Gasteiger partial charge in [-0.05, 0) is 18.1 Å². The molecule has 1 atom stereocenters. The maximum absolute atomic E-state index is 12.4. The van der Waals surface area contributed by atoms with Crippen LogP contribution in [0.4, 0.5) is 0 Å². The summed E-state index contributed by atoms with van der Waals surface area (Å²) in [7, 11) is 0. The number of likely N-dealkylation sites (tertiary alicyclic amines) is 1. The Labute approximate surface area is 146 Å². The van der Waals surface area contributed by atoms with E-state index >= 15 is 0 Å². The van der Waals surface area contributed by atoms with E-state index < -0.39 is 0 Å². The third-order valence-electron chi connectivity index (χ3n) is 4.68. The van der Waals surface area contributed by atoms with Crippen LogP contribution < -0.4 is 0 Å². The Kier molecular flexibility index (Phi) is 4.42. The summed E-state index contributed by atoms with van der Waals surface area (Å²) in [4.78, 5) is 26.3. The van der Waals surface area contributed by atoms with E-state index in [2.05, 4.69) is 15.0 Å². The topological polar surface area (TPSA) is 77.4 Å². The highest BCUT2D eigenvalue weighted by Gasteiger charge is 2.49. The number of ether oxygens (including phenoxy) is 2. The molecule has 1 spiro atoms. The van der Waals surface area contributed by atoms with Gasteiger partial charge >= 0.3 is 0 Å². The van der Waals surface area contributed by atoms with Gasteiger partial charge in [0.05, 0.1) is 32.0 Å². The molecule has 2 aromatic heterocycles. The number of pyridine rings is 1. The second-order valence-corrected chi connectivity index (χ2v) is 6.57. The second kappa shape index (κ2) is 6.85. The van der Waals surface area contributed by atoms with Crippen LogP contribution in [0.1, 0.15) is 28.9 Å². The Morgan fingerprint density at radius 1 is 1.28 bits per heavy atom. The minimum absolute atomic E-state index is 0.0965. The molecule has 130 valence electrons. The van der Waals surface area contributed by atoms with E-state index in [-0.39, 0.29) is 17.6 Å². The van der Waals surface area contributed by atoms with Crippen molar-refractivity contribution in [2.45, 2.75) is 31.2 Å². The number of amides is 1. The molecule has 0 radical (unpaired) electrons. The quantitative estimate of drug-likeness (QED) is 0.839. The van der Waals surface area contributed by atoms with Crippen molar-refractivity contribution in [3.05, 3.63) is 54.4 Å². The minimum Gasteiger partial charge on any atom is -0.373 e. The monoisotopic (exact) mass is 340 g/mol. The van der Waals surface area contributed by atoms with Gasteiger partial charge in [0.25, 0.3) is 5.91 Å². The van der Waals surface area contributed by atoms with Gasteiger partial charge in [0.1, 0.15) is 11.3 Å². The summed E-state index contributed by atoms with van der Waals surface area (Å²) < 4.78 is 12.0. The summed E-state index contributed by atoms with van der Waals surface area (Å²) in [6.07, 6.45) is 9.98. The molecule has 0 N–H and O–H groups in total. The first-order chi connectivity index (χ1) is 12.2. The Morgan fingerprint density at radius 2 is 2.16 bits per heavy atom. The van der Waals surface area contributed by atoms with Gasteiger partial charge in [-0.15, -0.1) is 0 Å². The zero-order valence-corrected chi connectivity index (χ0v) is 13.9. The van der Waals surface area contributed by atoms with Crippen molar-refractivity contribution < 1.29 is 14.3 Å². The largest absolute Gasteiger partial charge is 0.373 e. The highest BCUT2D eigenvalue weighted by molar-refractivity contribution is 5.92. The lowest BCUT2D eigenvalue weighted by Gasteiger charge is -2.52. The fraction of sp³-hybridized carbons (Fsp3) is 0.444. The molecule has 0 aromatic carbocycles. The van der Waals surface area contributed by atoms with Gasteiger partial charge in [0, 0.05) is 37.8 Å². The molecule has 2 aromatic rings. The standard InChI is InChI=1S/C18H20N4O3/c23-17(16-10-20-5-6-21-16)22-12-18(13-22)8-15(3-7-25-18)24-11-14-2-1-4-19-9-14/h1-2,4-6,9-10,15H,3,7-8,11-13H2/t15-/m1/s1. The van der Waals surface area contributed by atoms with Crippen LogP contribution in [0.5, 0.6) is 0 Å². The van der Waals surface area contributed by atoms with Crippen LogP contribution >= 0.6 is 0 Å². The lowest BCUT2D eigenvalue weighted by atomic mass is 9.84. The predicted molar refractivity (Wildman–Crippen MR) is 88.7 cm³/mol. The Hall–Kier alpha value is -2.38. The highest BCUT2D eigenvalue weighted by Crippen LogP contribution is 2.36. The average Bonchev–Trinajstić information content (AvgIpc) is 2.65. The molecule has 1 amide bonds. The van der Waals surface area contributed by atoms with Gasteiger partial charge in [0.2, 0.25) is 0 Å². The number of rotatable bonds is 4. The molecule has 7 nitrogen and oxygen atoms in total. The second-order valence-electron chi connectivity index (χ2n) is 6.57. The molecule has 2 aliphatic heterocycles. The zero-order valence-electron chi connectivity index (χ0n) is 13.9. The number of carbonyl (C=O) groups is 1. The summed E-state index contributed by atoms with van der Waals surface area (Å²) in [5, 5.41) is 0. The van der Waals surface area contributed by atoms with Gasteiger partial charge in [-0.1, -0.05) is 6.07 Å². The maximum Gasteiger partial charge on any atom is 0.274 e. The van der Waals surface area contributed by atoms with Crippen molar-refractivity contribution >= 4 is 5.91 Å². The summed E-state index contributed by atoms with van der Waals surface area (Å²) in [5.74, 6) is -0.0965. The maximum atomic E-state index is 12.4. The first-order valence-electron chi connectivity index (χ1n) is 8.44. The lowest BCUT2D eigenvalue weighted by Crippen LogP contribution is -2.67.